The fraction of sp³-hybridized carbons (Fsp3) is 0.545. The number of rotatable bonds is 1. The van der Waals surface area contributed by atoms with E-state index in [1.807, 2.05) is 0 Å². The zero-order chi connectivity index (χ0) is 14.1. The van der Waals surface area contributed by atoms with Crippen LogP contribution in [0, 0.1) is 0 Å². The fourth-order valence-electron chi connectivity index (χ4n) is 0.534. The molecule has 1 aromatic rings. The van der Waals surface area contributed by atoms with E-state index in [0.29, 0.717) is 0 Å². The van der Waals surface area contributed by atoms with Gasteiger partial charge in [-0.1, -0.05) is 0 Å². The van der Waals surface area contributed by atoms with E-state index in [-0.39, 0.29) is 51.2 Å². The number of halogens is 2. The fourth-order valence-corrected chi connectivity index (χ4v) is 1.05. The average molecular weight is 361 g/mol. The molecule has 1 rings (SSSR count). The first-order valence-electron chi connectivity index (χ1n) is 5.37. The largest absolute Gasteiger partial charge is 0.397 e. The average Bonchev–Trinajstić information content (AvgIpc) is 2.73. The van der Waals surface area contributed by atoms with Crippen molar-refractivity contribution >= 4 is 14.7 Å². The van der Waals surface area contributed by atoms with Crippen LogP contribution in [0.15, 0.2) is 24.3 Å². The van der Waals surface area contributed by atoms with Crippen LogP contribution in [0.5, 0.6) is 0 Å². The van der Waals surface area contributed by atoms with E-state index >= 15 is 0 Å². The third kappa shape index (κ3) is 29.8. The monoisotopic (exact) mass is 359 g/mol. The first kappa shape index (κ1) is 26.7. The summed E-state index contributed by atoms with van der Waals surface area (Å²) >= 11 is 0. The predicted molar refractivity (Wildman–Crippen MR) is 69.3 cm³/mol. The molecule has 0 heterocycles. The Hall–Kier alpha value is 0.190. The summed E-state index contributed by atoms with van der Waals surface area (Å²) in [6.45, 7) is 5.79. The van der Waals surface area contributed by atoms with Gasteiger partial charge in [0.2, 0.25) is 0 Å². The van der Waals surface area contributed by atoms with Crippen molar-refractivity contribution < 1.29 is 49.7 Å². The summed E-state index contributed by atoms with van der Waals surface area (Å²) in [6.07, 6.45) is 0. The Morgan fingerprint density at radius 2 is 1.11 bits per heavy atom. The number of aliphatic hydroxyl groups is 3. The van der Waals surface area contributed by atoms with Gasteiger partial charge < -0.3 is 15.3 Å². The first-order valence-corrected chi connectivity index (χ1v) is 6.82. The zero-order valence-corrected chi connectivity index (χ0v) is 14.7. The molecule has 3 N–H and O–H groups in total. The van der Waals surface area contributed by atoms with Crippen molar-refractivity contribution in [2.45, 2.75) is 20.8 Å². The van der Waals surface area contributed by atoms with E-state index in [0.717, 1.165) is 0 Å². The summed E-state index contributed by atoms with van der Waals surface area (Å²) in [4.78, 5) is 0. The molecule has 0 aliphatic carbocycles. The van der Waals surface area contributed by atoms with Gasteiger partial charge >= 0.3 is 9.46 Å². The van der Waals surface area contributed by atoms with Gasteiger partial charge in [0.15, 0.2) is 0 Å². The molecule has 0 aliphatic rings. The number of hydrogen-bond donors (Lipinski definition) is 3. The molecule has 0 amide bonds. The second-order valence-corrected chi connectivity index (χ2v) is 3.74. The Labute approximate surface area is 129 Å². The van der Waals surface area contributed by atoms with Gasteiger partial charge in [0.1, 0.15) is 0 Å². The van der Waals surface area contributed by atoms with Crippen LogP contribution < -0.4 is 5.19 Å². The molecular weight excluding hydrogens is 337 g/mol. The molecule has 0 unspecified atom stereocenters. The Morgan fingerprint density at radius 3 is 1.22 bits per heavy atom. The Kier molecular flexibility index (Phi) is 38.4. The molecule has 0 saturated heterocycles. The van der Waals surface area contributed by atoms with Crippen LogP contribution in [-0.2, 0) is 26.2 Å². The summed E-state index contributed by atoms with van der Waals surface area (Å²) in [5, 5.41) is 22.9. The van der Waals surface area contributed by atoms with E-state index in [4.69, 9.17) is 15.3 Å². The van der Waals surface area contributed by atoms with Crippen molar-refractivity contribution in [1.29, 1.82) is 0 Å². The van der Waals surface area contributed by atoms with Gasteiger partial charge in [-0.2, -0.15) is 12.1 Å². The molecule has 0 saturated carbocycles. The van der Waals surface area contributed by atoms with Gasteiger partial charge in [0.05, 0.1) is 0 Å². The maximum absolute atomic E-state index is 11.7. The minimum atomic E-state index is -3.48. The van der Waals surface area contributed by atoms with Crippen LogP contribution in [0.4, 0.5) is 8.22 Å². The molecule has 1 aromatic carbocycles. The van der Waals surface area contributed by atoms with Crippen LogP contribution in [0.25, 0.3) is 0 Å². The van der Waals surface area contributed by atoms with Gasteiger partial charge in [-0.25, -0.2) is 12.1 Å². The Balaban J connectivity index is -0.0000000840. The number of aliphatic hydroxyl groups excluding tert-OH is 3. The second-order valence-electron chi connectivity index (χ2n) is 2.47. The van der Waals surface area contributed by atoms with Gasteiger partial charge in [0, 0.05) is 46.0 Å². The second kappa shape index (κ2) is 25.9. The van der Waals surface area contributed by atoms with Crippen LogP contribution in [0.3, 0.4) is 0 Å². The first-order chi connectivity index (χ1) is 8.05. The quantitative estimate of drug-likeness (QED) is 0.394. The molecule has 7 heteroatoms. The van der Waals surface area contributed by atoms with Crippen LogP contribution in [0.1, 0.15) is 20.8 Å². The molecule has 108 valence electrons. The third-order valence-corrected chi connectivity index (χ3v) is 1.83. The van der Waals surface area contributed by atoms with E-state index < -0.39 is 9.46 Å². The maximum atomic E-state index is 11.7. The molecular formula is C11H23F2O3SiZr-. The van der Waals surface area contributed by atoms with Crippen LogP contribution in [-0.4, -0.2) is 44.6 Å². The van der Waals surface area contributed by atoms with Gasteiger partial charge in [-0.3, -0.25) is 8.22 Å². The SMILES string of the molecule is CCO.CCO.CCO.F[SiH](F)[c-]1cccc1.[Zr]. The summed E-state index contributed by atoms with van der Waals surface area (Å²) in [5.74, 6) is 0. The number of hydrogen-bond acceptors (Lipinski definition) is 3. The van der Waals surface area contributed by atoms with Crippen molar-refractivity contribution in [2.75, 3.05) is 19.8 Å². The molecule has 0 aromatic heterocycles. The predicted octanol–water partition coefficient (Wildman–Crippen LogP) is 0.765. The molecule has 0 fully saturated rings. The van der Waals surface area contributed by atoms with Crippen molar-refractivity contribution in [2.24, 2.45) is 0 Å². The van der Waals surface area contributed by atoms with Crippen molar-refractivity contribution in [3.8, 4) is 0 Å². The van der Waals surface area contributed by atoms with E-state index in [2.05, 4.69) is 0 Å². The minimum Gasteiger partial charge on any atom is -0.397 e. The van der Waals surface area contributed by atoms with Gasteiger partial charge in [-0.05, 0) is 20.8 Å². The van der Waals surface area contributed by atoms with Gasteiger partial charge in [0.25, 0.3) is 0 Å². The van der Waals surface area contributed by atoms with Crippen molar-refractivity contribution in [1.82, 2.24) is 0 Å². The summed E-state index contributed by atoms with van der Waals surface area (Å²) in [7, 11) is -3.48. The smallest absolute Gasteiger partial charge is 0.387 e. The normalized spacial score (nSPS) is 7.61. The maximum Gasteiger partial charge on any atom is 0.387 e. The Morgan fingerprint density at radius 1 is 0.889 bits per heavy atom. The molecule has 0 spiro atoms. The molecule has 0 atom stereocenters. The summed E-state index contributed by atoms with van der Waals surface area (Å²) < 4.78 is 23.5. The molecule has 3 nitrogen and oxygen atoms in total. The Bertz CT molecular complexity index is 195. The molecule has 18 heavy (non-hydrogen) atoms. The van der Waals surface area contributed by atoms with Crippen LogP contribution >= 0.6 is 0 Å². The van der Waals surface area contributed by atoms with Crippen molar-refractivity contribution in [3.63, 3.8) is 0 Å². The van der Waals surface area contributed by atoms with E-state index in [9.17, 15) is 8.22 Å². The standard InChI is InChI=1S/C5H5F2Si.3C2H6O.Zr/c6-8(7)5-3-1-2-4-5;3*1-2-3;/h1-4,8H;3*3H,2H2,1H3;/q-1;;;;. The topological polar surface area (TPSA) is 60.7 Å². The zero-order valence-electron chi connectivity index (χ0n) is 11.1. The summed E-state index contributed by atoms with van der Waals surface area (Å²) in [6, 6.07) is 6.21. The van der Waals surface area contributed by atoms with Gasteiger partial charge in [-0.15, -0.1) is 5.19 Å². The minimum absolute atomic E-state index is 0. The molecule has 0 aliphatic heterocycles. The molecule has 0 radical (unpaired) electrons. The third-order valence-electron chi connectivity index (χ3n) is 0.940. The van der Waals surface area contributed by atoms with Crippen LogP contribution in [0.2, 0.25) is 0 Å². The van der Waals surface area contributed by atoms with Crippen molar-refractivity contribution in [3.05, 3.63) is 24.3 Å². The molecule has 0 bridgehead atoms. The van der Waals surface area contributed by atoms with E-state index in [1.165, 1.54) is 12.1 Å². The summed E-state index contributed by atoms with van der Waals surface area (Å²) in [5.41, 5.74) is 0. The van der Waals surface area contributed by atoms with E-state index in [1.54, 1.807) is 32.9 Å².